The molecule has 106 valence electrons. The molecule has 0 saturated heterocycles. The Morgan fingerprint density at radius 2 is 2.05 bits per heavy atom. The van der Waals surface area contributed by atoms with E-state index in [0.29, 0.717) is 17.0 Å². The predicted octanol–water partition coefficient (Wildman–Crippen LogP) is 1.48. The summed E-state index contributed by atoms with van der Waals surface area (Å²) in [4.78, 5) is 35.6. The number of carboxylic acid groups (broad SMARTS) is 1. The SMILES string of the molecule is C[C@@H]1Oc2ccc(C(=O)CCC(=O)O)cc2N(C)C1=O. The van der Waals surface area contributed by atoms with E-state index in [2.05, 4.69) is 0 Å². The molecule has 0 spiro atoms. The number of amides is 1. The van der Waals surface area contributed by atoms with E-state index in [0.717, 1.165) is 0 Å². The summed E-state index contributed by atoms with van der Waals surface area (Å²) in [6.07, 6.45) is -0.831. The van der Waals surface area contributed by atoms with Gasteiger partial charge in [-0.15, -0.1) is 0 Å². The number of fused-ring (bicyclic) bond motifs is 1. The van der Waals surface area contributed by atoms with E-state index in [1.165, 1.54) is 4.90 Å². The van der Waals surface area contributed by atoms with Crippen molar-refractivity contribution in [3.8, 4) is 5.75 Å². The normalized spacial score (nSPS) is 17.4. The van der Waals surface area contributed by atoms with E-state index in [4.69, 9.17) is 9.84 Å². The molecule has 1 aromatic rings. The number of nitrogens with zero attached hydrogens (tertiary/aromatic N) is 1. The van der Waals surface area contributed by atoms with Crippen LogP contribution in [0.2, 0.25) is 0 Å². The van der Waals surface area contributed by atoms with Gasteiger partial charge in [-0.25, -0.2) is 0 Å². The maximum atomic E-state index is 11.9. The number of hydrogen-bond donors (Lipinski definition) is 1. The van der Waals surface area contributed by atoms with Gasteiger partial charge in [-0.3, -0.25) is 14.4 Å². The fourth-order valence-electron chi connectivity index (χ4n) is 2.05. The van der Waals surface area contributed by atoms with Gasteiger partial charge in [0.25, 0.3) is 5.91 Å². The number of likely N-dealkylation sites (N-methyl/N-ethyl adjacent to an activating group) is 1. The van der Waals surface area contributed by atoms with Gasteiger partial charge >= 0.3 is 5.97 Å². The zero-order valence-corrected chi connectivity index (χ0v) is 11.3. The number of carboxylic acids is 1. The first-order chi connectivity index (χ1) is 9.40. The number of ketones is 1. The lowest BCUT2D eigenvalue weighted by Gasteiger charge is -2.30. The number of anilines is 1. The smallest absolute Gasteiger partial charge is 0.303 e. The van der Waals surface area contributed by atoms with Gasteiger partial charge in [0, 0.05) is 19.0 Å². The molecule has 1 amide bonds. The maximum absolute atomic E-state index is 11.9. The van der Waals surface area contributed by atoms with Gasteiger partial charge < -0.3 is 14.7 Å². The molecule has 0 aromatic heterocycles. The Balaban J connectivity index is 2.25. The van der Waals surface area contributed by atoms with Crippen LogP contribution >= 0.6 is 0 Å². The molecule has 1 heterocycles. The Kier molecular flexibility index (Phi) is 3.74. The van der Waals surface area contributed by atoms with Gasteiger partial charge in [0.1, 0.15) is 5.75 Å². The largest absolute Gasteiger partial charge is 0.481 e. The third kappa shape index (κ3) is 2.64. The second-order valence-corrected chi connectivity index (χ2v) is 4.66. The highest BCUT2D eigenvalue weighted by Gasteiger charge is 2.29. The quantitative estimate of drug-likeness (QED) is 0.843. The number of rotatable bonds is 4. The van der Waals surface area contributed by atoms with Gasteiger partial charge in [-0.05, 0) is 25.1 Å². The molecule has 0 saturated carbocycles. The Labute approximate surface area is 115 Å². The molecule has 6 heteroatoms. The lowest BCUT2D eigenvalue weighted by Crippen LogP contribution is -2.42. The minimum atomic E-state index is -1.01. The number of hydrogen-bond acceptors (Lipinski definition) is 4. The van der Waals surface area contributed by atoms with Crippen LogP contribution in [-0.2, 0) is 9.59 Å². The molecule has 0 unspecified atom stereocenters. The van der Waals surface area contributed by atoms with Crippen molar-refractivity contribution in [2.45, 2.75) is 25.9 Å². The van der Waals surface area contributed by atoms with Crippen LogP contribution in [0.5, 0.6) is 5.75 Å². The minimum absolute atomic E-state index is 0.0664. The molecular formula is C14H15NO5. The Bertz CT molecular complexity index is 581. The van der Waals surface area contributed by atoms with Crippen LogP contribution in [-0.4, -0.2) is 35.9 Å². The van der Waals surface area contributed by atoms with Crippen LogP contribution in [0.15, 0.2) is 18.2 Å². The van der Waals surface area contributed by atoms with E-state index < -0.39 is 12.1 Å². The summed E-state index contributed by atoms with van der Waals surface area (Å²) in [5.41, 5.74) is 0.900. The average Bonchev–Trinajstić information content (AvgIpc) is 2.42. The highest BCUT2D eigenvalue weighted by molar-refractivity contribution is 6.03. The molecule has 0 bridgehead atoms. The number of carbonyl (C=O) groups excluding carboxylic acids is 2. The Hall–Kier alpha value is -2.37. The number of aliphatic carboxylic acids is 1. The van der Waals surface area contributed by atoms with Crippen molar-refractivity contribution < 1.29 is 24.2 Å². The summed E-state index contributed by atoms with van der Waals surface area (Å²) >= 11 is 0. The summed E-state index contributed by atoms with van der Waals surface area (Å²) in [5, 5.41) is 8.58. The second-order valence-electron chi connectivity index (χ2n) is 4.66. The molecule has 1 atom stereocenters. The molecule has 0 fully saturated rings. The first-order valence-corrected chi connectivity index (χ1v) is 6.23. The van der Waals surface area contributed by atoms with Gasteiger partial charge in [-0.1, -0.05) is 0 Å². The van der Waals surface area contributed by atoms with Crippen molar-refractivity contribution in [3.05, 3.63) is 23.8 Å². The third-order valence-corrected chi connectivity index (χ3v) is 3.19. The number of benzene rings is 1. The number of Topliss-reactive ketones (excluding diaryl/α,β-unsaturated/α-hetero) is 1. The average molecular weight is 277 g/mol. The van der Waals surface area contributed by atoms with Crippen molar-refractivity contribution in [1.29, 1.82) is 0 Å². The maximum Gasteiger partial charge on any atom is 0.303 e. The standard InChI is InChI=1S/C14H15NO5/c1-8-14(19)15(2)10-7-9(3-5-12(10)20-8)11(16)4-6-13(17)18/h3,5,7-8H,4,6H2,1-2H3,(H,17,18)/t8-/m0/s1. The lowest BCUT2D eigenvalue weighted by molar-refractivity contribution is -0.137. The summed E-state index contributed by atoms with van der Waals surface area (Å²) in [7, 11) is 1.62. The highest BCUT2D eigenvalue weighted by Crippen LogP contribution is 2.34. The van der Waals surface area contributed by atoms with Crippen LogP contribution in [0.4, 0.5) is 5.69 Å². The molecule has 1 aliphatic heterocycles. The molecule has 1 N–H and O–H groups in total. The monoisotopic (exact) mass is 277 g/mol. The van der Waals surface area contributed by atoms with Crippen molar-refractivity contribution in [3.63, 3.8) is 0 Å². The topological polar surface area (TPSA) is 83.9 Å². The number of carbonyl (C=O) groups is 3. The molecule has 2 rings (SSSR count). The van der Waals surface area contributed by atoms with E-state index in [9.17, 15) is 14.4 Å². The van der Waals surface area contributed by atoms with Crippen LogP contribution in [0.1, 0.15) is 30.1 Å². The summed E-state index contributed by atoms with van der Waals surface area (Å²) in [6.45, 7) is 1.66. The van der Waals surface area contributed by atoms with Crippen molar-refractivity contribution in [2.75, 3.05) is 11.9 Å². The van der Waals surface area contributed by atoms with Crippen molar-refractivity contribution in [1.82, 2.24) is 0 Å². The molecular weight excluding hydrogens is 262 g/mol. The molecule has 6 nitrogen and oxygen atoms in total. The van der Waals surface area contributed by atoms with E-state index in [1.807, 2.05) is 0 Å². The lowest BCUT2D eigenvalue weighted by atomic mass is 10.0. The second kappa shape index (κ2) is 5.32. The Morgan fingerprint density at radius 3 is 2.70 bits per heavy atom. The van der Waals surface area contributed by atoms with Crippen LogP contribution in [0.25, 0.3) is 0 Å². The van der Waals surface area contributed by atoms with Gasteiger partial charge in [-0.2, -0.15) is 0 Å². The van der Waals surface area contributed by atoms with Crippen molar-refractivity contribution >= 4 is 23.3 Å². The van der Waals surface area contributed by atoms with E-state index in [-0.39, 0.29) is 24.5 Å². The minimum Gasteiger partial charge on any atom is -0.481 e. The van der Waals surface area contributed by atoms with Crippen LogP contribution in [0.3, 0.4) is 0 Å². The van der Waals surface area contributed by atoms with E-state index in [1.54, 1.807) is 32.2 Å². The molecule has 0 aliphatic carbocycles. The zero-order chi connectivity index (χ0) is 14.9. The molecule has 1 aromatic carbocycles. The highest BCUT2D eigenvalue weighted by atomic mass is 16.5. The Morgan fingerprint density at radius 1 is 1.35 bits per heavy atom. The molecule has 20 heavy (non-hydrogen) atoms. The summed E-state index contributed by atoms with van der Waals surface area (Å²) in [5.74, 6) is -0.933. The first-order valence-electron chi connectivity index (χ1n) is 6.23. The fraction of sp³-hybridized carbons (Fsp3) is 0.357. The zero-order valence-electron chi connectivity index (χ0n) is 11.3. The third-order valence-electron chi connectivity index (χ3n) is 3.19. The summed E-state index contributed by atoms with van der Waals surface area (Å²) < 4.78 is 5.45. The first kappa shape index (κ1) is 14.0. The van der Waals surface area contributed by atoms with Crippen molar-refractivity contribution in [2.24, 2.45) is 0 Å². The predicted molar refractivity (Wildman–Crippen MR) is 71.1 cm³/mol. The summed E-state index contributed by atoms with van der Waals surface area (Å²) in [6, 6.07) is 4.77. The van der Waals surface area contributed by atoms with Gasteiger partial charge in [0.05, 0.1) is 12.1 Å². The van der Waals surface area contributed by atoms with Crippen LogP contribution in [0, 0.1) is 0 Å². The number of ether oxygens (including phenoxy) is 1. The fourth-order valence-corrected chi connectivity index (χ4v) is 2.05. The molecule has 1 aliphatic rings. The van der Waals surface area contributed by atoms with Gasteiger partial charge in [0.2, 0.25) is 0 Å². The molecule has 0 radical (unpaired) electrons. The van der Waals surface area contributed by atoms with Gasteiger partial charge in [0.15, 0.2) is 11.9 Å². The van der Waals surface area contributed by atoms with E-state index >= 15 is 0 Å². The van der Waals surface area contributed by atoms with Crippen LogP contribution < -0.4 is 9.64 Å².